The Morgan fingerprint density at radius 3 is 2.71 bits per heavy atom. The summed E-state index contributed by atoms with van der Waals surface area (Å²) in [4.78, 5) is 12.8. The van der Waals surface area contributed by atoms with Gasteiger partial charge in [-0.25, -0.2) is 0 Å². The highest BCUT2D eigenvalue weighted by atomic mass is 16.5. The molecule has 0 saturated carbocycles. The second-order valence-corrected chi connectivity index (χ2v) is 4.27. The van der Waals surface area contributed by atoms with E-state index < -0.39 is 5.97 Å². The first-order valence-electron chi connectivity index (χ1n) is 5.29. The molecular weight excluding hydrogens is 182 g/mol. The molecule has 1 atom stereocenters. The third-order valence-corrected chi connectivity index (χ3v) is 3.16. The van der Waals surface area contributed by atoms with Crippen molar-refractivity contribution in [3.63, 3.8) is 0 Å². The lowest BCUT2D eigenvalue weighted by atomic mass is 9.95. The highest BCUT2D eigenvalue weighted by Gasteiger charge is 2.31. The third-order valence-electron chi connectivity index (χ3n) is 3.16. The Bertz CT molecular complexity index is 215. The molecule has 1 unspecified atom stereocenters. The molecule has 0 bridgehead atoms. The molecule has 1 N–H and O–H groups in total. The molecule has 0 spiro atoms. The molecule has 4 nitrogen and oxygen atoms in total. The highest BCUT2D eigenvalue weighted by molar-refractivity contribution is 5.66. The van der Waals surface area contributed by atoms with E-state index in [1.54, 1.807) is 0 Å². The summed E-state index contributed by atoms with van der Waals surface area (Å²) in [7, 11) is 0. The van der Waals surface area contributed by atoms with Crippen LogP contribution in [0.2, 0.25) is 0 Å². The minimum absolute atomic E-state index is 0.308. The molecule has 0 aliphatic carbocycles. The molecule has 2 aliphatic rings. The van der Waals surface area contributed by atoms with Crippen LogP contribution in [0, 0.1) is 5.92 Å². The zero-order chi connectivity index (χ0) is 9.97. The van der Waals surface area contributed by atoms with Crippen molar-refractivity contribution >= 4 is 5.97 Å². The summed E-state index contributed by atoms with van der Waals surface area (Å²) >= 11 is 0. The summed E-state index contributed by atoms with van der Waals surface area (Å²) in [6, 6.07) is 0.520. The Balaban J connectivity index is 1.64. The number of aliphatic carboxylic acids is 1. The average molecular weight is 199 g/mol. The van der Waals surface area contributed by atoms with Gasteiger partial charge in [0.15, 0.2) is 0 Å². The Hall–Kier alpha value is -0.610. The van der Waals surface area contributed by atoms with Gasteiger partial charge in [0.2, 0.25) is 0 Å². The summed E-state index contributed by atoms with van der Waals surface area (Å²) in [6.45, 7) is 4.02. The topological polar surface area (TPSA) is 49.8 Å². The fraction of sp³-hybridized carbons (Fsp3) is 0.900. The number of hydrogen-bond acceptors (Lipinski definition) is 3. The van der Waals surface area contributed by atoms with Crippen molar-refractivity contribution < 1.29 is 14.6 Å². The van der Waals surface area contributed by atoms with Gasteiger partial charge in [0.25, 0.3) is 0 Å². The number of carbonyl (C=O) groups is 1. The molecular formula is C10H17NO3. The van der Waals surface area contributed by atoms with Crippen LogP contribution >= 0.6 is 0 Å². The summed E-state index contributed by atoms with van der Waals surface area (Å²) in [5.74, 6) is 0.0199. The predicted molar refractivity (Wildman–Crippen MR) is 51.2 cm³/mol. The molecule has 0 amide bonds. The molecule has 2 heterocycles. The van der Waals surface area contributed by atoms with E-state index in [4.69, 9.17) is 9.84 Å². The number of ether oxygens (including phenoxy) is 1. The SMILES string of the molecule is O=C(O)CCC1CCN1CC1COC1. The minimum atomic E-state index is -0.677. The minimum Gasteiger partial charge on any atom is -0.481 e. The zero-order valence-corrected chi connectivity index (χ0v) is 8.32. The van der Waals surface area contributed by atoms with Crippen molar-refractivity contribution in [2.45, 2.75) is 25.3 Å². The van der Waals surface area contributed by atoms with Crippen molar-refractivity contribution in [2.24, 2.45) is 5.92 Å². The zero-order valence-electron chi connectivity index (χ0n) is 8.32. The van der Waals surface area contributed by atoms with Gasteiger partial charge in [0, 0.05) is 24.9 Å². The molecule has 80 valence electrons. The van der Waals surface area contributed by atoms with Gasteiger partial charge in [-0.1, -0.05) is 0 Å². The van der Waals surface area contributed by atoms with Gasteiger partial charge in [-0.15, -0.1) is 0 Å². The van der Waals surface area contributed by atoms with E-state index in [0.717, 1.165) is 32.7 Å². The molecule has 0 aromatic carbocycles. The fourth-order valence-electron chi connectivity index (χ4n) is 2.07. The van der Waals surface area contributed by atoms with Crippen LogP contribution in [0.25, 0.3) is 0 Å². The van der Waals surface area contributed by atoms with E-state index in [-0.39, 0.29) is 0 Å². The summed E-state index contributed by atoms with van der Waals surface area (Å²) in [5, 5.41) is 8.57. The first-order chi connectivity index (χ1) is 6.75. The second-order valence-electron chi connectivity index (χ2n) is 4.27. The molecule has 2 aliphatic heterocycles. The lowest BCUT2D eigenvalue weighted by Gasteiger charge is -2.44. The van der Waals surface area contributed by atoms with Gasteiger partial charge in [-0.05, 0) is 19.4 Å². The standard InChI is InChI=1S/C10H17NO3/c12-10(13)2-1-9-3-4-11(9)5-8-6-14-7-8/h8-9H,1-7H2,(H,12,13). The Morgan fingerprint density at radius 2 is 2.29 bits per heavy atom. The van der Waals surface area contributed by atoms with Gasteiger partial charge in [0.1, 0.15) is 0 Å². The fourth-order valence-corrected chi connectivity index (χ4v) is 2.07. The van der Waals surface area contributed by atoms with E-state index in [9.17, 15) is 4.79 Å². The van der Waals surface area contributed by atoms with E-state index in [1.807, 2.05) is 0 Å². The number of nitrogens with zero attached hydrogens (tertiary/aromatic N) is 1. The van der Waals surface area contributed by atoms with Crippen LogP contribution in [0.3, 0.4) is 0 Å². The normalized spacial score (nSPS) is 28.1. The van der Waals surface area contributed by atoms with Crippen LogP contribution in [0.1, 0.15) is 19.3 Å². The van der Waals surface area contributed by atoms with Crippen LogP contribution in [-0.4, -0.2) is 48.3 Å². The third kappa shape index (κ3) is 2.25. The largest absolute Gasteiger partial charge is 0.481 e. The maximum Gasteiger partial charge on any atom is 0.303 e. The quantitative estimate of drug-likeness (QED) is 0.703. The Morgan fingerprint density at radius 1 is 1.50 bits per heavy atom. The lowest BCUT2D eigenvalue weighted by Crippen LogP contribution is -2.52. The Kier molecular flexibility index (Phi) is 3.03. The molecule has 2 rings (SSSR count). The van der Waals surface area contributed by atoms with Crippen LogP contribution in [0.5, 0.6) is 0 Å². The van der Waals surface area contributed by atoms with Crippen molar-refractivity contribution in [1.82, 2.24) is 4.90 Å². The molecule has 0 aromatic rings. The lowest BCUT2D eigenvalue weighted by molar-refractivity contribution is -0.137. The van der Waals surface area contributed by atoms with Gasteiger partial charge in [-0.2, -0.15) is 0 Å². The van der Waals surface area contributed by atoms with Crippen LogP contribution in [0.15, 0.2) is 0 Å². The number of rotatable bonds is 5. The number of hydrogen-bond donors (Lipinski definition) is 1. The van der Waals surface area contributed by atoms with Gasteiger partial charge >= 0.3 is 5.97 Å². The van der Waals surface area contributed by atoms with E-state index in [2.05, 4.69) is 4.90 Å². The summed E-state index contributed by atoms with van der Waals surface area (Å²) < 4.78 is 5.12. The monoisotopic (exact) mass is 199 g/mol. The van der Waals surface area contributed by atoms with E-state index in [0.29, 0.717) is 18.4 Å². The average Bonchev–Trinajstić information content (AvgIpc) is 1.99. The van der Waals surface area contributed by atoms with Crippen molar-refractivity contribution in [3.05, 3.63) is 0 Å². The van der Waals surface area contributed by atoms with E-state index in [1.165, 1.54) is 6.42 Å². The van der Waals surface area contributed by atoms with Gasteiger partial charge in [-0.3, -0.25) is 9.69 Å². The van der Waals surface area contributed by atoms with Crippen LogP contribution < -0.4 is 0 Å². The van der Waals surface area contributed by atoms with Gasteiger partial charge in [0.05, 0.1) is 13.2 Å². The first kappa shape index (κ1) is 9.93. The molecule has 4 heteroatoms. The van der Waals surface area contributed by atoms with Crippen molar-refractivity contribution in [1.29, 1.82) is 0 Å². The van der Waals surface area contributed by atoms with Gasteiger partial charge < -0.3 is 9.84 Å². The molecule has 14 heavy (non-hydrogen) atoms. The summed E-state index contributed by atoms with van der Waals surface area (Å²) in [6.07, 6.45) is 2.28. The summed E-state index contributed by atoms with van der Waals surface area (Å²) in [5.41, 5.74) is 0. The Labute approximate surface area is 83.8 Å². The molecule has 0 aromatic heterocycles. The molecule has 2 fully saturated rings. The second kappa shape index (κ2) is 4.28. The van der Waals surface area contributed by atoms with Crippen molar-refractivity contribution in [3.8, 4) is 0 Å². The molecule has 0 radical (unpaired) electrons. The van der Waals surface area contributed by atoms with Crippen LogP contribution in [0.4, 0.5) is 0 Å². The van der Waals surface area contributed by atoms with E-state index >= 15 is 0 Å². The number of carboxylic acid groups (broad SMARTS) is 1. The first-order valence-corrected chi connectivity index (χ1v) is 5.29. The predicted octanol–water partition coefficient (Wildman–Crippen LogP) is 0.572. The van der Waals surface area contributed by atoms with Crippen molar-refractivity contribution in [2.75, 3.05) is 26.3 Å². The maximum atomic E-state index is 10.4. The smallest absolute Gasteiger partial charge is 0.303 e. The molecule has 2 saturated heterocycles. The van der Waals surface area contributed by atoms with Crippen LogP contribution in [-0.2, 0) is 9.53 Å². The maximum absolute atomic E-state index is 10.4. The highest BCUT2D eigenvalue weighted by Crippen LogP contribution is 2.24. The number of likely N-dealkylation sites (tertiary alicyclic amines) is 1. The number of carboxylic acids is 1.